The number of rotatable bonds is 5. The second-order valence-corrected chi connectivity index (χ2v) is 5.92. The molecule has 0 aromatic heterocycles. The van der Waals surface area contributed by atoms with Gasteiger partial charge >= 0.3 is 0 Å². The number of carbonyl (C=O) groups is 2. The Morgan fingerprint density at radius 2 is 1.84 bits per heavy atom. The lowest BCUT2D eigenvalue weighted by Gasteiger charge is -2.13. The summed E-state index contributed by atoms with van der Waals surface area (Å²) in [6.45, 7) is 3.81. The normalized spacial score (nSPS) is 10.2. The standard InChI is InChI=1S/C18H19N3O3S/c1-11(2)24-13-7-5-6-12(10-13)17(23)21-18(25)20-15-9-4-3-8-14(15)16(19)22/h3-11H,1-2H3,(H2,19,22)(H2,20,21,23,25). The van der Waals surface area contributed by atoms with E-state index in [-0.39, 0.29) is 22.7 Å². The lowest BCUT2D eigenvalue weighted by atomic mass is 10.1. The van der Waals surface area contributed by atoms with Crippen LogP contribution in [0, 0.1) is 0 Å². The van der Waals surface area contributed by atoms with Gasteiger partial charge in [-0.2, -0.15) is 0 Å². The molecule has 0 aliphatic rings. The number of thiocarbonyl (C=S) groups is 1. The molecule has 2 rings (SSSR count). The quantitative estimate of drug-likeness (QED) is 0.716. The van der Waals surface area contributed by atoms with E-state index in [1.165, 1.54) is 0 Å². The van der Waals surface area contributed by atoms with Crippen molar-refractivity contribution in [2.45, 2.75) is 20.0 Å². The molecule has 0 fully saturated rings. The van der Waals surface area contributed by atoms with E-state index >= 15 is 0 Å². The molecule has 0 spiro atoms. The van der Waals surface area contributed by atoms with Crippen molar-refractivity contribution in [2.24, 2.45) is 5.73 Å². The zero-order valence-corrected chi connectivity index (χ0v) is 14.7. The van der Waals surface area contributed by atoms with Crippen LogP contribution in [0.15, 0.2) is 48.5 Å². The SMILES string of the molecule is CC(C)Oc1cccc(C(=O)NC(=S)Nc2ccccc2C(N)=O)c1. The maximum Gasteiger partial charge on any atom is 0.257 e. The minimum Gasteiger partial charge on any atom is -0.491 e. The molecule has 4 N–H and O–H groups in total. The summed E-state index contributed by atoms with van der Waals surface area (Å²) in [6.07, 6.45) is 0.00588. The molecule has 0 radical (unpaired) electrons. The molecule has 2 aromatic rings. The highest BCUT2D eigenvalue weighted by Gasteiger charge is 2.12. The number of benzene rings is 2. The average molecular weight is 357 g/mol. The molecule has 0 saturated heterocycles. The highest BCUT2D eigenvalue weighted by molar-refractivity contribution is 7.80. The largest absolute Gasteiger partial charge is 0.491 e. The first-order valence-electron chi connectivity index (χ1n) is 7.64. The lowest BCUT2D eigenvalue weighted by molar-refractivity contribution is 0.0975. The van der Waals surface area contributed by atoms with Gasteiger partial charge in [-0.25, -0.2) is 0 Å². The van der Waals surface area contributed by atoms with Crippen LogP contribution in [0.1, 0.15) is 34.6 Å². The summed E-state index contributed by atoms with van der Waals surface area (Å²) in [5, 5.41) is 5.44. The molecule has 0 aliphatic heterocycles. The van der Waals surface area contributed by atoms with Crippen molar-refractivity contribution in [1.82, 2.24) is 5.32 Å². The summed E-state index contributed by atoms with van der Waals surface area (Å²) in [5.74, 6) is -0.375. The predicted molar refractivity (Wildman–Crippen MR) is 101 cm³/mol. The molecule has 0 bridgehead atoms. The van der Waals surface area contributed by atoms with E-state index in [2.05, 4.69) is 10.6 Å². The van der Waals surface area contributed by atoms with Crippen LogP contribution in [-0.4, -0.2) is 23.0 Å². The molecule has 2 aromatic carbocycles. The van der Waals surface area contributed by atoms with Crippen molar-refractivity contribution in [3.8, 4) is 5.75 Å². The molecule has 0 heterocycles. The van der Waals surface area contributed by atoms with E-state index in [9.17, 15) is 9.59 Å². The summed E-state index contributed by atoms with van der Waals surface area (Å²) in [7, 11) is 0. The highest BCUT2D eigenvalue weighted by Crippen LogP contribution is 2.16. The number of ether oxygens (including phenoxy) is 1. The summed E-state index contributed by atoms with van der Waals surface area (Å²) < 4.78 is 5.57. The molecule has 6 nitrogen and oxygen atoms in total. The third-order valence-corrected chi connectivity index (χ3v) is 3.34. The molecule has 2 amide bonds. The van der Waals surface area contributed by atoms with Gasteiger partial charge in [0.15, 0.2) is 5.11 Å². The van der Waals surface area contributed by atoms with Gasteiger partial charge in [-0.1, -0.05) is 18.2 Å². The van der Waals surface area contributed by atoms with Gasteiger partial charge in [-0.3, -0.25) is 14.9 Å². The number of nitrogens with one attached hydrogen (secondary N) is 2. The number of para-hydroxylation sites is 1. The minimum absolute atomic E-state index is 0.00588. The van der Waals surface area contributed by atoms with Gasteiger partial charge in [0.05, 0.1) is 17.4 Å². The zero-order chi connectivity index (χ0) is 18.4. The van der Waals surface area contributed by atoms with Crippen molar-refractivity contribution in [3.05, 3.63) is 59.7 Å². The Bertz CT molecular complexity index is 806. The second kappa shape index (κ2) is 8.25. The van der Waals surface area contributed by atoms with E-state index in [4.69, 9.17) is 22.7 Å². The number of nitrogens with two attached hydrogens (primary N) is 1. The van der Waals surface area contributed by atoms with Crippen molar-refractivity contribution < 1.29 is 14.3 Å². The Morgan fingerprint density at radius 1 is 1.12 bits per heavy atom. The van der Waals surface area contributed by atoms with Gasteiger partial charge in [0, 0.05) is 5.56 Å². The van der Waals surface area contributed by atoms with Gasteiger partial charge in [0.1, 0.15) is 5.75 Å². The molecule has 0 unspecified atom stereocenters. The maximum absolute atomic E-state index is 12.3. The van der Waals surface area contributed by atoms with E-state index in [0.717, 1.165) is 0 Å². The number of hydrogen-bond donors (Lipinski definition) is 3. The third kappa shape index (κ3) is 5.29. The Hall–Kier alpha value is -2.93. The first-order chi connectivity index (χ1) is 11.9. The summed E-state index contributed by atoms with van der Waals surface area (Å²) in [4.78, 5) is 23.7. The first-order valence-corrected chi connectivity index (χ1v) is 8.05. The van der Waals surface area contributed by atoms with Gasteiger partial charge in [-0.15, -0.1) is 0 Å². The van der Waals surface area contributed by atoms with Crippen LogP contribution >= 0.6 is 12.2 Å². The number of amides is 2. The van der Waals surface area contributed by atoms with Gasteiger partial charge in [0.25, 0.3) is 11.8 Å². The fourth-order valence-corrected chi connectivity index (χ4v) is 2.32. The molecule has 7 heteroatoms. The van der Waals surface area contributed by atoms with E-state index in [1.807, 2.05) is 13.8 Å². The van der Waals surface area contributed by atoms with E-state index in [0.29, 0.717) is 17.0 Å². The molecular formula is C18H19N3O3S. The van der Waals surface area contributed by atoms with Crippen LogP contribution in [-0.2, 0) is 0 Å². The van der Waals surface area contributed by atoms with Crippen LogP contribution in [0.25, 0.3) is 0 Å². The molecule has 25 heavy (non-hydrogen) atoms. The summed E-state index contributed by atoms with van der Waals surface area (Å²) in [6, 6.07) is 13.4. The van der Waals surface area contributed by atoms with Gasteiger partial charge in [-0.05, 0) is 56.4 Å². The zero-order valence-electron chi connectivity index (χ0n) is 13.9. The third-order valence-electron chi connectivity index (χ3n) is 3.14. The Kier molecular flexibility index (Phi) is 6.08. The maximum atomic E-state index is 12.3. The number of carbonyl (C=O) groups excluding carboxylic acids is 2. The molecule has 130 valence electrons. The predicted octanol–water partition coefficient (Wildman–Crippen LogP) is 2.70. The minimum atomic E-state index is -0.587. The first kappa shape index (κ1) is 18.4. The smallest absolute Gasteiger partial charge is 0.257 e. The van der Waals surface area contributed by atoms with Crippen LogP contribution in [0.4, 0.5) is 5.69 Å². The van der Waals surface area contributed by atoms with Crippen LogP contribution < -0.4 is 21.1 Å². The lowest BCUT2D eigenvalue weighted by Crippen LogP contribution is -2.34. The highest BCUT2D eigenvalue weighted by atomic mass is 32.1. The fraction of sp³-hybridized carbons (Fsp3) is 0.167. The van der Waals surface area contributed by atoms with Crippen LogP contribution in [0.3, 0.4) is 0 Å². The fourth-order valence-electron chi connectivity index (χ4n) is 2.12. The van der Waals surface area contributed by atoms with Crippen molar-refractivity contribution >= 4 is 34.8 Å². The molecule has 0 aliphatic carbocycles. The molecular weight excluding hydrogens is 338 g/mol. The van der Waals surface area contributed by atoms with E-state index < -0.39 is 5.91 Å². The Labute approximate surface area is 151 Å². The number of hydrogen-bond acceptors (Lipinski definition) is 4. The van der Waals surface area contributed by atoms with Gasteiger partial charge < -0.3 is 15.8 Å². The van der Waals surface area contributed by atoms with E-state index in [1.54, 1.807) is 48.5 Å². The number of anilines is 1. The van der Waals surface area contributed by atoms with Crippen molar-refractivity contribution in [2.75, 3.05) is 5.32 Å². The van der Waals surface area contributed by atoms with Gasteiger partial charge in [0.2, 0.25) is 0 Å². The second-order valence-electron chi connectivity index (χ2n) is 5.51. The monoisotopic (exact) mass is 357 g/mol. The topological polar surface area (TPSA) is 93.4 Å². The van der Waals surface area contributed by atoms with Crippen molar-refractivity contribution in [1.29, 1.82) is 0 Å². The van der Waals surface area contributed by atoms with Crippen LogP contribution in [0.2, 0.25) is 0 Å². The molecule has 0 atom stereocenters. The van der Waals surface area contributed by atoms with Crippen molar-refractivity contribution in [3.63, 3.8) is 0 Å². The van der Waals surface area contributed by atoms with Crippen LogP contribution in [0.5, 0.6) is 5.75 Å². The summed E-state index contributed by atoms with van der Waals surface area (Å²) in [5.41, 5.74) is 6.44. The number of primary amides is 1. The average Bonchev–Trinajstić information content (AvgIpc) is 2.54. The Morgan fingerprint density at radius 3 is 2.52 bits per heavy atom. The summed E-state index contributed by atoms with van der Waals surface area (Å²) >= 11 is 5.13. The Balaban J connectivity index is 2.06. The molecule has 0 saturated carbocycles.